The van der Waals surface area contributed by atoms with Crippen molar-refractivity contribution in [1.29, 1.82) is 0 Å². The Morgan fingerprint density at radius 3 is 2.38 bits per heavy atom. The highest BCUT2D eigenvalue weighted by Crippen LogP contribution is 1.82. The summed E-state index contributed by atoms with van der Waals surface area (Å²) in [5.41, 5.74) is 0. The van der Waals surface area contributed by atoms with E-state index in [1.54, 1.807) is 7.05 Å². The second-order valence-corrected chi connectivity index (χ2v) is 1.34. The van der Waals surface area contributed by atoms with Crippen LogP contribution in [-0.4, -0.2) is 31.5 Å². The van der Waals surface area contributed by atoms with Gasteiger partial charge in [-0.1, -0.05) is 0 Å². The van der Waals surface area contributed by atoms with Gasteiger partial charge in [-0.25, -0.2) is 4.39 Å². The molecule has 0 aliphatic rings. The summed E-state index contributed by atoms with van der Waals surface area (Å²) < 4.78 is 11.8. The number of hydrogen-bond acceptors (Lipinski definition) is 2. The Balaban J connectivity index is 0. The van der Waals surface area contributed by atoms with Crippen LogP contribution in [0.3, 0.4) is 0 Å². The molecule has 0 heterocycles. The second kappa shape index (κ2) is 7.14. The van der Waals surface area contributed by atoms with E-state index in [9.17, 15) is 4.39 Å². The van der Waals surface area contributed by atoms with Gasteiger partial charge in [0.15, 0.2) is 0 Å². The normalized spacial score (nSPS) is 12.4. The molecule has 0 aromatic heterocycles. The first-order valence-corrected chi connectivity index (χ1v) is 2.20. The minimum absolute atomic E-state index is 0. The highest BCUT2D eigenvalue weighted by Gasteiger charge is 1.98. The number of hydrogen-bond donors (Lipinski definition) is 2. The van der Waals surface area contributed by atoms with E-state index in [4.69, 9.17) is 5.11 Å². The maximum atomic E-state index is 11.8. The van der Waals surface area contributed by atoms with E-state index in [1.807, 2.05) is 0 Å². The van der Waals surface area contributed by atoms with E-state index in [2.05, 4.69) is 5.32 Å². The van der Waals surface area contributed by atoms with Crippen molar-refractivity contribution in [2.75, 3.05) is 20.2 Å². The lowest BCUT2D eigenvalue weighted by molar-refractivity contribution is 0.177. The molecule has 0 aliphatic carbocycles. The number of aliphatic hydroxyl groups is 1. The van der Waals surface area contributed by atoms with Gasteiger partial charge < -0.3 is 10.4 Å². The average molecular weight is 144 g/mol. The summed E-state index contributed by atoms with van der Waals surface area (Å²) in [7, 11) is 1.64. The van der Waals surface area contributed by atoms with Crippen LogP contribution in [0.2, 0.25) is 0 Å². The number of aliphatic hydroxyl groups excluding tert-OH is 1. The molecule has 0 spiro atoms. The molecule has 1 unspecified atom stereocenters. The third kappa shape index (κ3) is 6.14. The van der Waals surface area contributed by atoms with Gasteiger partial charge in [0.2, 0.25) is 0 Å². The van der Waals surface area contributed by atoms with Crippen LogP contribution in [0.25, 0.3) is 0 Å². The van der Waals surface area contributed by atoms with Crippen LogP contribution in [0.5, 0.6) is 0 Å². The van der Waals surface area contributed by atoms with Crippen molar-refractivity contribution >= 4 is 12.4 Å². The molecule has 0 amide bonds. The first kappa shape index (κ1) is 11.0. The van der Waals surface area contributed by atoms with Crippen LogP contribution < -0.4 is 5.32 Å². The van der Waals surface area contributed by atoms with E-state index in [-0.39, 0.29) is 25.6 Å². The van der Waals surface area contributed by atoms with Crippen molar-refractivity contribution in [3.63, 3.8) is 0 Å². The number of nitrogens with one attached hydrogen (secondary N) is 1. The minimum Gasteiger partial charge on any atom is -0.393 e. The maximum absolute atomic E-state index is 11.8. The van der Waals surface area contributed by atoms with Gasteiger partial charge in [0.05, 0.1) is 6.61 Å². The topological polar surface area (TPSA) is 32.3 Å². The van der Waals surface area contributed by atoms with Gasteiger partial charge in [-0.15, -0.1) is 12.4 Å². The fourth-order valence-electron chi connectivity index (χ4n) is 0.286. The summed E-state index contributed by atoms with van der Waals surface area (Å²) in [6, 6.07) is 0. The number of halogens is 2. The molecule has 0 saturated heterocycles. The van der Waals surface area contributed by atoms with Crippen molar-refractivity contribution in [1.82, 2.24) is 5.32 Å². The molecular weight excluding hydrogens is 133 g/mol. The molecule has 0 fully saturated rings. The van der Waals surface area contributed by atoms with Crippen LogP contribution in [0.4, 0.5) is 4.39 Å². The Morgan fingerprint density at radius 2 is 2.25 bits per heavy atom. The lowest BCUT2D eigenvalue weighted by Crippen LogP contribution is -2.22. The van der Waals surface area contributed by atoms with Crippen LogP contribution >= 0.6 is 12.4 Å². The zero-order chi connectivity index (χ0) is 5.70. The summed E-state index contributed by atoms with van der Waals surface area (Å²) in [5.74, 6) is 0. The van der Waals surface area contributed by atoms with Gasteiger partial charge in [0.25, 0.3) is 0 Å². The van der Waals surface area contributed by atoms with Gasteiger partial charge >= 0.3 is 0 Å². The summed E-state index contributed by atoms with van der Waals surface area (Å²) in [6.07, 6.45) is -1.11. The minimum atomic E-state index is -1.11. The molecule has 52 valence electrons. The Bertz CT molecular complexity index is 47.0. The molecule has 4 heteroatoms. The van der Waals surface area contributed by atoms with Crippen LogP contribution in [0.15, 0.2) is 0 Å². The smallest absolute Gasteiger partial charge is 0.135 e. The van der Waals surface area contributed by atoms with E-state index in [0.717, 1.165) is 0 Å². The Kier molecular flexibility index (Phi) is 9.82. The van der Waals surface area contributed by atoms with E-state index in [0.29, 0.717) is 0 Å². The predicted octanol–water partition coefficient (Wildman–Crippen LogP) is -0.0420. The predicted molar refractivity (Wildman–Crippen MR) is 33.2 cm³/mol. The molecule has 8 heavy (non-hydrogen) atoms. The fraction of sp³-hybridized carbons (Fsp3) is 1.00. The second-order valence-electron chi connectivity index (χ2n) is 1.34. The molecule has 0 radical (unpaired) electrons. The zero-order valence-corrected chi connectivity index (χ0v) is 5.54. The molecule has 2 N–H and O–H groups in total. The molecule has 2 nitrogen and oxygen atoms in total. The van der Waals surface area contributed by atoms with Crippen molar-refractivity contribution in [3.8, 4) is 0 Å². The Hall–Kier alpha value is 0.140. The SMILES string of the molecule is CNCC(F)CO.Cl. The van der Waals surface area contributed by atoms with Crippen molar-refractivity contribution < 1.29 is 9.50 Å². The van der Waals surface area contributed by atoms with Crippen molar-refractivity contribution in [2.45, 2.75) is 6.17 Å². The summed E-state index contributed by atoms with van der Waals surface area (Å²) in [5, 5.41) is 10.6. The molecule has 0 saturated carbocycles. The molecule has 1 atom stereocenters. The Labute approximate surface area is 54.5 Å². The van der Waals surface area contributed by atoms with Gasteiger partial charge in [-0.05, 0) is 7.05 Å². The van der Waals surface area contributed by atoms with Crippen molar-refractivity contribution in [3.05, 3.63) is 0 Å². The lowest BCUT2D eigenvalue weighted by Gasteiger charge is -1.99. The summed E-state index contributed by atoms with van der Waals surface area (Å²) >= 11 is 0. The van der Waals surface area contributed by atoms with Crippen LogP contribution in [0.1, 0.15) is 0 Å². The van der Waals surface area contributed by atoms with Crippen molar-refractivity contribution in [2.24, 2.45) is 0 Å². The maximum Gasteiger partial charge on any atom is 0.135 e. The lowest BCUT2D eigenvalue weighted by atomic mass is 10.4. The molecule has 0 aliphatic heterocycles. The highest BCUT2D eigenvalue weighted by molar-refractivity contribution is 5.85. The molecule has 0 aromatic carbocycles. The zero-order valence-electron chi connectivity index (χ0n) is 4.72. The van der Waals surface area contributed by atoms with Gasteiger partial charge in [0.1, 0.15) is 6.17 Å². The number of rotatable bonds is 3. The summed E-state index contributed by atoms with van der Waals surface area (Å²) in [4.78, 5) is 0. The standard InChI is InChI=1S/C4H10FNO.ClH/c1-6-2-4(5)3-7;/h4,6-7H,2-3H2,1H3;1H. The van der Waals surface area contributed by atoms with Gasteiger partial charge in [0, 0.05) is 6.54 Å². The Morgan fingerprint density at radius 1 is 1.75 bits per heavy atom. The van der Waals surface area contributed by atoms with E-state index in [1.165, 1.54) is 0 Å². The third-order valence-electron chi connectivity index (χ3n) is 0.624. The summed E-state index contributed by atoms with van der Waals surface area (Å²) in [6.45, 7) is -0.155. The van der Waals surface area contributed by atoms with Gasteiger partial charge in [-0.2, -0.15) is 0 Å². The molecule has 0 aromatic rings. The van der Waals surface area contributed by atoms with Gasteiger partial charge in [-0.3, -0.25) is 0 Å². The molecule has 0 rings (SSSR count). The first-order valence-electron chi connectivity index (χ1n) is 2.20. The quantitative estimate of drug-likeness (QED) is 0.581. The van der Waals surface area contributed by atoms with E-state index < -0.39 is 6.17 Å². The average Bonchev–Trinajstić information content (AvgIpc) is 1.68. The monoisotopic (exact) mass is 143 g/mol. The largest absolute Gasteiger partial charge is 0.393 e. The van der Waals surface area contributed by atoms with Crippen LogP contribution in [0, 0.1) is 0 Å². The molecule has 0 bridgehead atoms. The highest BCUT2D eigenvalue weighted by atomic mass is 35.5. The number of alkyl halides is 1. The third-order valence-corrected chi connectivity index (χ3v) is 0.624. The van der Waals surface area contributed by atoms with E-state index >= 15 is 0 Å². The molecular formula is C4H11ClFNO. The first-order chi connectivity index (χ1) is 3.31. The van der Waals surface area contributed by atoms with Crippen LogP contribution in [-0.2, 0) is 0 Å². The fourth-order valence-corrected chi connectivity index (χ4v) is 0.286.